The van der Waals surface area contributed by atoms with Gasteiger partial charge in [-0.15, -0.1) is 0 Å². The third-order valence-corrected chi connectivity index (χ3v) is 5.87. The molecule has 0 saturated heterocycles. The predicted octanol–water partition coefficient (Wildman–Crippen LogP) is 6.00. The minimum Gasteiger partial charge on any atom is -0.490 e. The van der Waals surface area contributed by atoms with E-state index in [0.29, 0.717) is 39.3 Å². The van der Waals surface area contributed by atoms with Gasteiger partial charge in [-0.05, 0) is 48.0 Å². The third kappa shape index (κ3) is 4.72. The number of benzene rings is 3. The maximum absolute atomic E-state index is 12.6. The van der Waals surface area contributed by atoms with Gasteiger partial charge in [0.05, 0.1) is 21.5 Å². The molecule has 8 heteroatoms. The van der Waals surface area contributed by atoms with Crippen molar-refractivity contribution in [1.29, 1.82) is 5.26 Å². The van der Waals surface area contributed by atoms with E-state index in [1.165, 1.54) is 0 Å². The molecule has 3 aromatic carbocycles. The highest BCUT2D eigenvalue weighted by molar-refractivity contribution is 6.42. The van der Waals surface area contributed by atoms with Gasteiger partial charge in [0.25, 0.3) is 0 Å². The average Bonchev–Trinajstić information content (AvgIpc) is 2.83. The summed E-state index contributed by atoms with van der Waals surface area (Å²) in [5, 5.41) is 10.5. The maximum Gasteiger partial charge on any atom is 0.343 e. The standard InChI is InChI=1S/C26H18Cl2N2O4/c1-2-11-32-17-6-3-15(4-7-17)26(31)33-18-8-9-19-23(13-18)34-25(30)20(14-29)24(19)16-5-10-21(27)22(28)12-16/h2-10,12-13,24H,1,11,30H2. The number of halogens is 2. The lowest BCUT2D eigenvalue weighted by Crippen LogP contribution is -2.21. The van der Waals surface area contributed by atoms with Crippen molar-refractivity contribution in [2.24, 2.45) is 5.73 Å². The maximum atomic E-state index is 12.6. The highest BCUT2D eigenvalue weighted by Gasteiger charge is 2.31. The minimum atomic E-state index is -0.548. The minimum absolute atomic E-state index is 0.0374. The number of allylic oxidation sites excluding steroid dienone is 1. The van der Waals surface area contributed by atoms with E-state index in [0.717, 1.165) is 5.56 Å². The molecule has 170 valence electrons. The molecule has 2 N–H and O–H groups in total. The molecule has 3 aromatic rings. The molecule has 1 atom stereocenters. The van der Waals surface area contributed by atoms with Crippen LogP contribution in [0, 0.1) is 11.3 Å². The largest absolute Gasteiger partial charge is 0.490 e. The smallest absolute Gasteiger partial charge is 0.343 e. The van der Waals surface area contributed by atoms with E-state index >= 15 is 0 Å². The van der Waals surface area contributed by atoms with Gasteiger partial charge < -0.3 is 19.9 Å². The number of nitrogens with two attached hydrogens (primary N) is 1. The van der Waals surface area contributed by atoms with Crippen LogP contribution in [0.15, 0.2) is 84.8 Å². The second-order valence-electron chi connectivity index (χ2n) is 7.31. The molecule has 1 aliphatic heterocycles. The summed E-state index contributed by atoms with van der Waals surface area (Å²) in [4.78, 5) is 12.6. The predicted molar refractivity (Wildman–Crippen MR) is 129 cm³/mol. The Balaban J connectivity index is 1.61. The number of hydrogen-bond acceptors (Lipinski definition) is 6. The first-order valence-electron chi connectivity index (χ1n) is 10.1. The highest BCUT2D eigenvalue weighted by Crippen LogP contribution is 2.44. The molecule has 0 aromatic heterocycles. The first-order chi connectivity index (χ1) is 16.4. The van der Waals surface area contributed by atoms with Gasteiger partial charge in [0, 0.05) is 11.6 Å². The van der Waals surface area contributed by atoms with Gasteiger partial charge in [-0.1, -0.05) is 48.0 Å². The van der Waals surface area contributed by atoms with Gasteiger partial charge in [-0.25, -0.2) is 4.79 Å². The van der Waals surface area contributed by atoms with Crippen molar-refractivity contribution in [3.8, 4) is 23.3 Å². The number of carbonyl (C=O) groups excluding carboxylic acids is 1. The second-order valence-corrected chi connectivity index (χ2v) is 8.13. The molecule has 1 heterocycles. The lowest BCUT2D eigenvalue weighted by atomic mass is 9.83. The average molecular weight is 493 g/mol. The molecule has 0 radical (unpaired) electrons. The molecule has 0 amide bonds. The molecule has 4 rings (SSSR count). The number of hydrogen-bond donors (Lipinski definition) is 1. The quantitative estimate of drug-likeness (QED) is 0.257. The first-order valence-corrected chi connectivity index (χ1v) is 10.9. The van der Waals surface area contributed by atoms with Crippen LogP contribution in [-0.4, -0.2) is 12.6 Å². The second kappa shape index (κ2) is 9.92. The molecular formula is C26H18Cl2N2O4. The lowest BCUT2D eigenvalue weighted by Gasteiger charge is -2.27. The summed E-state index contributed by atoms with van der Waals surface area (Å²) in [7, 11) is 0. The number of esters is 1. The molecule has 0 bridgehead atoms. The molecule has 1 aliphatic rings. The Morgan fingerprint density at radius 2 is 1.82 bits per heavy atom. The van der Waals surface area contributed by atoms with Gasteiger partial charge in [0.1, 0.15) is 35.5 Å². The summed E-state index contributed by atoms with van der Waals surface area (Å²) in [5.74, 6) is 0.139. The Hall–Kier alpha value is -3.92. The van der Waals surface area contributed by atoms with Crippen molar-refractivity contribution < 1.29 is 19.0 Å². The summed E-state index contributed by atoms with van der Waals surface area (Å²) < 4.78 is 16.6. The van der Waals surface area contributed by atoms with E-state index in [2.05, 4.69) is 12.6 Å². The summed E-state index contributed by atoms with van der Waals surface area (Å²) in [5.41, 5.74) is 8.04. The van der Waals surface area contributed by atoms with Crippen LogP contribution in [0.5, 0.6) is 17.2 Å². The van der Waals surface area contributed by atoms with Crippen LogP contribution in [0.2, 0.25) is 10.0 Å². The van der Waals surface area contributed by atoms with Gasteiger partial charge in [0.15, 0.2) is 0 Å². The zero-order valence-corrected chi connectivity index (χ0v) is 19.3. The van der Waals surface area contributed by atoms with Crippen LogP contribution in [0.3, 0.4) is 0 Å². The zero-order valence-electron chi connectivity index (χ0n) is 17.8. The van der Waals surface area contributed by atoms with Gasteiger partial charge in [0.2, 0.25) is 5.88 Å². The van der Waals surface area contributed by atoms with Crippen molar-refractivity contribution in [3.05, 3.63) is 112 Å². The molecule has 34 heavy (non-hydrogen) atoms. The van der Waals surface area contributed by atoms with Crippen LogP contribution in [0.4, 0.5) is 0 Å². The Labute approximate surface area is 206 Å². The highest BCUT2D eigenvalue weighted by atomic mass is 35.5. The van der Waals surface area contributed by atoms with Crippen LogP contribution >= 0.6 is 23.2 Å². The third-order valence-electron chi connectivity index (χ3n) is 5.14. The Morgan fingerprint density at radius 1 is 1.09 bits per heavy atom. The van der Waals surface area contributed by atoms with Crippen molar-refractivity contribution in [2.75, 3.05) is 6.61 Å². The van der Waals surface area contributed by atoms with Crippen molar-refractivity contribution in [2.45, 2.75) is 5.92 Å². The first kappa shape index (κ1) is 23.2. The monoisotopic (exact) mass is 492 g/mol. The number of carbonyl (C=O) groups is 1. The molecule has 0 saturated carbocycles. The van der Waals surface area contributed by atoms with E-state index < -0.39 is 11.9 Å². The van der Waals surface area contributed by atoms with Crippen molar-refractivity contribution >= 4 is 29.2 Å². The van der Waals surface area contributed by atoms with E-state index in [9.17, 15) is 10.1 Å². The molecule has 0 fully saturated rings. The molecule has 1 unspecified atom stereocenters. The van der Waals surface area contributed by atoms with Crippen LogP contribution < -0.4 is 19.9 Å². The fourth-order valence-corrected chi connectivity index (χ4v) is 3.85. The summed E-state index contributed by atoms with van der Waals surface area (Å²) >= 11 is 12.3. The Morgan fingerprint density at radius 3 is 2.50 bits per heavy atom. The normalized spacial score (nSPS) is 14.4. The Kier molecular flexibility index (Phi) is 6.78. The number of nitriles is 1. The summed E-state index contributed by atoms with van der Waals surface area (Å²) in [6.07, 6.45) is 1.63. The summed E-state index contributed by atoms with van der Waals surface area (Å²) in [6.45, 7) is 3.96. The van der Waals surface area contributed by atoms with Crippen LogP contribution in [0.25, 0.3) is 0 Å². The van der Waals surface area contributed by atoms with E-state index in [1.807, 2.05) is 0 Å². The van der Waals surface area contributed by atoms with E-state index in [-0.39, 0.29) is 17.2 Å². The van der Waals surface area contributed by atoms with Gasteiger partial charge in [-0.3, -0.25) is 0 Å². The Bertz CT molecular complexity index is 1340. The molecule has 0 aliphatic carbocycles. The zero-order chi connectivity index (χ0) is 24.2. The fraction of sp³-hybridized carbons (Fsp3) is 0.0769. The van der Waals surface area contributed by atoms with Crippen LogP contribution in [-0.2, 0) is 0 Å². The molecular weight excluding hydrogens is 475 g/mol. The number of fused-ring (bicyclic) bond motifs is 1. The fourth-order valence-electron chi connectivity index (χ4n) is 3.54. The van der Waals surface area contributed by atoms with Crippen molar-refractivity contribution in [3.63, 3.8) is 0 Å². The number of ether oxygens (including phenoxy) is 3. The lowest BCUT2D eigenvalue weighted by molar-refractivity contribution is 0.0734. The van der Waals surface area contributed by atoms with Gasteiger partial charge in [-0.2, -0.15) is 5.26 Å². The topological polar surface area (TPSA) is 94.6 Å². The van der Waals surface area contributed by atoms with E-state index in [1.54, 1.807) is 66.7 Å². The number of rotatable bonds is 6. The summed E-state index contributed by atoms with van der Waals surface area (Å²) in [6, 6.07) is 18.7. The van der Waals surface area contributed by atoms with Crippen molar-refractivity contribution in [1.82, 2.24) is 0 Å². The molecule has 6 nitrogen and oxygen atoms in total. The number of nitrogens with zero attached hydrogens (tertiary/aromatic N) is 1. The molecule has 0 spiro atoms. The van der Waals surface area contributed by atoms with Crippen LogP contribution in [0.1, 0.15) is 27.4 Å². The SMILES string of the molecule is C=CCOc1ccc(C(=O)Oc2ccc3c(c2)OC(N)=C(C#N)C3c2ccc(Cl)c(Cl)c2)cc1. The van der Waals surface area contributed by atoms with Gasteiger partial charge >= 0.3 is 5.97 Å². The van der Waals surface area contributed by atoms with E-state index in [4.69, 9.17) is 43.1 Å².